The van der Waals surface area contributed by atoms with E-state index in [0.717, 1.165) is 5.57 Å². The lowest BCUT2D eigenvalue weighted by atomic mass is 9.82. The topological polar surface area (TPSA) is 84.0 Å². The van der Waals surface area contributed by atoms with Gasteiger partial charge in [-0.05, 0) is 74.7 Å². The Labute approximate surface area is 208 Å². The van der Waals surface area contributed by atoms with Crippen LogP contribution in [-0.2, 0) is 19.2 Å². The number of carbonyl (C=O) groups excluding carboxylic acids is 4. The number of rotatable bonds is 4. The van der Waals surface area contributed by atoms with E-state index in [0.29, 0.717) is 40.6 Å². The van der Waals surface area contributed by atoms with E-state index >= 15 is 0 Å². The van der Waals surface area contributed by atoms with Crippen molar-refractivity contribution in [1.29, 1.82) is 0 Å². The van der Waals surface area contributed by atoms with E-state index < -0.39 is 11.9 Å². The normalized spacial score (nSPS) is 24.0. The monoisotopic (exact) mass is 492 g/mol. The van der Waals surface area contributed by atoms with Crippen molar-refractivity contribution in [3.05, 3.63) is 64.7 Å². The van der Waals surface area contributed by atoms with Gasteiger partial charge in [-0.1, -0.05) is 23.3 Å². The Kier molecular flexibility index (Phi) is 5.97. The second-order valence-corrected chi connectivity index (χ2v) is 9.90. The molecule has 2 aliphatic heterocycles. The van der Waals surface area contributed by atoms with Crippen LogP contribution in [0.25, 0.3) is 0 Å². The summed E-state index contributed by atoms with van der Waals surface area (Å²) in [6, 6.07) is 11.7. The summed E-state index contributed by atoms with van der Waals surface area (Å²) in [4.78, 5) is 54.1. The molecular formula is C27H25ClN2O5. The molecule has 0 N–H and O–H groups in total. The summed E-state index contributed by atoms with van der Waals surface area (Å²) in [5.41, 5.74) is 2.98. The lowest BCUT2D eigenvalue weighted by Crippen LogP contribution is -2.31. The van der Waals surface area contributed by atoms with Crippen molar-refractivity contribution >= 4 is 46.7 Å². The first kappa shape index (κ1) is 23.3. The Balaban J connectivity index is 1.28. The first-order valence-electron chi connectivity index (χ1n) is 11.6. The van der Waals surface area contributed by atoms with Crippen LogP contribution in [0, 0.1) is 24.7 Å². The SMILES string of the molecule is CC1=CC[C@@H]2C(=O)N(c3ccc(OC(=O)[C@H]4CC(=O)N(c5ccc(Cl)cc5)C4)cc3C)C(=O)[C@@H]2C1. The van der Waals surface area contributed by atoms with Crippen LogP contribution in [0.4, 0.5) is 11.4 Å². The van der Waals surface area contributed by atoms with Crippen molar-refractivity contribution in [1.82, 2.24) is 0 Å². The number of nitrogens with zero attached hydrogens (tertiary/aromatic N) is 2. The van der Waals surface area contributed by atoms with Gasteiger partial charge in [-0.2, -0.15) is 0 Å². The molecule has 7 nitrogen and oxygen atoms in total. The smallest absolute Gasteiger partial charge is 0.316 e. The number of esters is 1. The van der Waals surface area contributed by atoms with E-state index in [1.807, 2.05) is 13.0 Å². The van der Waals surface area contributed by atoms with E-state index in [2.05, 4.69) is 0 Å². The highest BCUT2D eigenvalue weighted by molar-refractivity contribution is 6.30. The minimum Gasteiger partial charge on any atom is -0.426 e. The molecule has 35 heavy (non-hydrogen) atoms. The summed E-state index contributed by atoms with van der Waals surface area (Å²) in [7, 11) is 0. The Hall–Kier alpha value is -3.45. The van der Waals surface area contributed by atoms with Gasteiger partial charge in [-0.25, -0.2) is 4.90 Å². The van der Waals surface area contributed by atoms with Crippen molar-refractivity contribution in [3.8, 4) is 5.75 Å². The standard InChI is InChI=1S/C27H25ClN2O5/c1-15-3-9-21-22(11-15)26(33)30(25(21)32)23-10-8-20(12-16(23)2)35-27(34)17-13-24(31)29(14-17)19-6-4-18(28)5-7-19/h3-8,10,12,17,21-22H,9,11,13-14H2,1-2H3/t17-,21-,22+/m0/s1. The van der Waals surface area contributed by atoms with Gasteiger partial charge in [0.2, 0.25) is 17.7 Å². The first-order valence-corrected chi connectivity index (χ1v) is 12.0. The number of amides is 3. The molecular weight excluding hydrogens is 468 g/mol. The van der Waals surface area contributed by atoms with E-state index in [4.69, 9.17) is 16.3 Å². The second-order valence-electron chi connectivity index (χ2n) is 9.47. The second kappa shape index (κ2) is 8.96. The van der Waals surface area contributed by atoms with Crippen molar-refractivity contribution in [2.75, 3.05) is 16.3 Å². The third-order valence-corrected chi connectivity index (χ3v) is 7.30. The molecule has 2 aromatic carbocycles. The van der Waals surface area contributed by atoms with Gasteiger partial charge < -0.3 is 9.64 Å². The fraction of sp³-hybridized carbons (Fsp3) is 0.333. The Morgan fingerprint density at radius 3 is 2.40 bits per heavy atom. The lowest BCUT2D eigenvalue weighted by Gasteiger charge is -2.19. The molecule has 5 rings (SSSR count). The molecule has 0 bridgehead atoms. The number of benzene rings is 2. The van der Waals surface area contributed by atoms with Crippen LogP contribution in [0.15, 0.2) is 54.1 Å². The van der Waals surface area contributed by atoms with Crippen molar-refractivity contribution in [3.63, 3.8) is 0 Å². The van der Waals surface area contributed by atoms with Crippen LogP contribution < -0.4 is 14.5 Å². The number of fused-ring (bicyclic) bond motifs is 1. The molecule has 1 aliphatic carbocycles. The number of imide groups is 1. The molecule has 0 spiro atoms. The maximum Gasteiger partial charge on any atom is 0.316 e. The van der Waals surface area contributed by atoms with E-state index in [1.165, 1.54) is 4.90 Å². The number of allylic oxidation sites excluding steroid dienone is 2. The molecule has 0 saturated carbocycles. The summed E-state index contributed by atoms with van der Waals surface area (Å²) >= 11 is 5.92. The predicted molar refractivity (Wildman–Crippen MR) is 131 cm³/mol. The van der Waals surface area contributed by atoms with E-state index in [-0.39, 0.29) is 42.5 Å². The fourth-order valence-electron chi connectivity index (χ4n) is 5.15. The molecule has 0 aromatic heterocycles. The minimum atomic E-state index is -0.598. The Morgan fingerprint density at radius 2 is 1.69 bits per heavy atom. The van der Waals surface area contributed by atoms with Gasteiger partial charge in [0.1, 0.15) is 5.75 Å². The van der Waals surface area contributed by atoms with Crippen LogP contribution in [0.1, 0.15) is 31.7 Å². The highest BCUT2D eigenvalue weighted by atomic mass is 35.5. The molecule has 3 amide bonds. The molecule has 2 aromatic rings. The number of carbonyl (C=O) groups is 4. The third-order valence-electron chi connectivity index (χ3n) is 7.05. The van der Waals surface area contributed by atoms with Gasteiger partial charge in [-0.3, -0.25) is 19.2 Å². The summed E-state index contributed by atoms with van der Waals surface area (Å²) in [5.74, 6) is -1.92. The summed E-state index contributed by atoms with van der Waals surface area (Å²) in [6.45, 7) is 3.99. The average Bonchev–Trinajstić information content (AvgIpc) is 3.32. The van der Waals surface area contributed by atoms with Crippen molar-refractivity contribution < 1.29 is 23.9 Å². The average molecular weight is 493 g/mol. The number of anilines is 2. The van der Waals surface area contributed by atoms with Gasteiger partial charge in [0, 0.05) is 23.7 Å². The number of hydrogen-bond donors (Lipinski definition) is 0. The molecule has 2 saturated heterocycles. The summed E-state index contributed by atoms with van der Waals surface area (Å²) in [5, 5.41) is 0.568. The van der Waals surface area contributed by atoms with E-state index in [9.17, 15) is 19.2 Å². The quantitative estimate of drug-likeness (QED) is 0.272. The maximum absolute atomic E-state index is 13.0. The number of ether oxygens (including phenoxy) is 1. The zero-order chi connectivity index (χ0) is 24.9. The van der Waals surface area contributed by atoms with Gasteiger partial charge in [0.15, 0.2) is 0 Å². The van der Waals surface area contributed by atoms with Crippen LogP contribution in [0.2, 0.25) is 5.02 Å². The zero-order valence-electron chi connectivity index (χ0n) is 19.5. The van der Waals surface area contributed by atoms with Crippen LogP contribution in [0.3, 0.4) is 0 Å². The van der Waals surface area contributed by atoms with Gasteiger partial charge in [-0.15, -0.1) is 0 Å². The summed E-state index contributed by atoms with van der Waals surface area (Å²) < 4.78 is 5.58. The highest BCUT2D eigenvalue weighted by Crippen LogP contribution is 2.41. The van der Waals surface area contributed by atoms with E-state index in [1.54, 1.807) is 54.3 Å². The highest BCUT2D eigenvalue weighted by Gasteiger charge is 2.49. The molecule has 180 valence electrons. The lowest BCUT2D eigenvalue weighted by molar-refractivity contribution is -0.139. The van der Waals surface area contributed by atoms with Crippen LogP contribution in [-0.4, -0.2) is 30.2 Å². The largest absolute Gasteiger partial charge is 0.426 e. The minimum absolute atomic E-state index is 0.0610. The first-order chi connectivity index (χ1) is 16.7. The molecule has 8 heteroatoms. The predicted octanol–water partition coefficient (Wildman–Crippen LogP) is 4.45. The molecule has 0 radical (unpaired) electrons. The Bertz CT molecular complexity index is 1270. The fourth-order valence-corrected chi connectivity index (χ4v) is 5.28. The third kappa shape index (κ3) is 4.25. The maximum atomic E-state index is 13.0. The number of aryl methyl sites for hydroxylation is 1. The molecule has 2 heterocycles. The van der Waals surface area contributed by atoms with Crippen LogP contribution in [0.5, 0.6) is 5.75 Å². The van der Waals surface area contributed by atoms with Crippen molar-refractivity contribution in [2.24, 2.45) is 17.8 Å². The molecule has 3 atom stereocenters. The van der Waals surface area contributed by atoms with Gasteiger partial charge in [0.25, 0.3) is 0 Å². The summed E-state index contributed by atoms with van der Waals surface area (Å²) in [6.07, 6.45) is 3.28. The van der Waals surface area contributed by atoms with Crippen LogP contribution >= 0.6 is 11.6 Å². The van der Waals surface area contributed by atoms with Gasteiger partial charge in [0.05, 0.1) is 23.4 Å². The molecule has 3 aliphatic rings. The number of hydrogen-bond acceptors (Lipinski definition) is 5. The van der Waals surface area contributed by atoms with Crippen molar-refractivity contribution in [2.45, 2.75) is 33.1 Å². The van der Waals surface area contributed by atoms with Gasteiger partial charge >= 0.3 is 5.97 Å². The Morgan fingerprint density at radius 1 is 0.971 bits per heavy atom. The number of halogens is 1. The molecule has 2 fully saturated rings. The molecule has 0 unspecified atom stereocenters. The zero-order valence-corrected chi connectivity index (χ0v) is 20.2.